The van der Waals surface area contributed by atoms with E-state index in [0.717, 1.165) is 3.57 Å². The van der Waals surface area contributed by atoms with Crippen LogP contribution in [0.15, 0.2) is 53.4 Å². The molecule has 0 atom stereocenters. The summed E-state index contributed by atoms with van der Waals surface area (Å²) in [6.45, 7) is 2.01. The first-order valence-electron chi connectivity index (χ1n) is 5.25. The van der Waals surface area contributed by atoms with Crippen molar-refractivity contribution in [2.75, 3.05) is 0 Å². The monoisotopic (exact) mass is 375 g/mol. The zero-order chi connectivity index (χ0) is 13.2. The third kappa shape index (κ3) is 3.30. The first-order chi connectivity index (χ1) is 8.47. The Morgan fingerprint density at radius 3 is 2.22 bits per heavy atom. The van der Waals surface area contributed by atoms with Crippen LogP contribution in [0.3, 0.4) is 0 Å². The van der Waals surface area contributed by atoms with Crippen LogP contribution in [0.4, 0.5) is 0 Å². The van der Waals surface area contributed by atoms with Gasteiger partial charge in [-0.15, -0.1) is 0 Å². The van der Waals surface area contributed by atoms with Gasteiger partial charge in [-0.1, -0.05) is 29.8 Å². The molecule has 0 saturated heterocycles. The third-order valence-corrected chi connectivity index (χ3v) is 6.48. The van der Waals surface area contributed by atoms with Crippen molar-refractivity contribution in [3.63, 3.8) is 0 Å². The van der Waals surface area contributed by atoms with E-state index < -0.39 is 31.3 Å². The molecule has 18 heavy (non-hydrogen) atoms. The van der Waals surface area contributed by atoms with Crippen LogP contribution in [0.1, 0.15) is 5.56 Å². The predicted octanol–water partition coefficient (Wildman–Crippen LogP) is -0.630. The maximum Gasteiger partial charge on any atom is 0.359 e. The summed E-state index contributed by atoms with van der Waals surface area (Å²) in [5.74, 6) is 0. The molecular formula is C13H12IO3S+. The van der Waals surface area contributed by atoms with Crippen LogP contribution >= 0.6 is 0 Å². The van der Waals surface area contributed by atoms with E-state index in [1.54, 1.807) is 18.2 Å². The van der Waals surface area contributed by atoms with Gasteiger partial charge in [-0.25, -0.2) is 0 Å². The van der Waals surface area contributed by atoms with Gasteiger partial charge >= 0.3 is 21.2 Å². The fourth-order valence-electron chi connectivity index (χ4n) is 1.45. The van der Waals surface area contributed by atoms with Crippen molar-refractivity contribution in [3.05, 3.63) is 61.2 Å². The Morgan fingerprint density at radius 1 is 1.00 bits per heavy atom. The van der Waals surface area contributed by atoms with Crippen LogP contribution in [0.25, 0.3) is 0 Å². The van der Waals surface area contributed by atoms with Gasteiger partial charge in [-0.3, -0.25) is 4.55 Å². The van der Waals surface area contributed by atoms with Gasteiger partial charge in [0.05, 0.1) is 0 Å². The second-order valence-corrected chi connectivity index (χ2v) is 8.13. The molecule has 2 aromatic carbocycles. The first-order valence-corrected chi connectivity index (χ1v) is 8.84. The number of hydrogen-bond donors (Lipinski definition) is 1. The number of halogens is 1. The Balaban J connectivity index is 2.38. The van der Waals surface area contributed by atoms with Crippen molar-refractivity contribution in [1.82, 2.24) is 0 Å². The van der Waals surface area contributed by atoms with Gasteiger partial charge in [0, 0.05) is 0 Å². The topological polar surface area (TPSA) is 54.4 Å². The summed E-state index contributed by atoms with van der Waals surface area (Å²) in [6, 6.07) is 14.6. The van der Waals surface area contributed by atoms with E-state index >= 15 is 0 Å². The lowest BCUT2D eigenvalue weighted by atomic mass is 10.2. The van der Waals surface area contributed by atoms with E-state index in [-0.39, 0.29) is 4.90 Å². The van der Waals surface area contributed by atoms with E-state index in [2.05, 4.69) is 0 Å². The molecule has 2 aromatic rings. The maximum absolute atomic E-state index is 11.3. The van der Waals surface area contributed by atoms with Crippen LogP contribution in [-0.4, -0.2) is 13.0 Å². The molecule has 0 bridgehead atoms. The average Bonchev–Trinajstić information content (AvgIpc) is 2.31. The molecule has 94 valence electrons. The van der Waals surface area contributed by atoms with Crippen molar-refractivity contribution >= 4 is 10.1 Å². The van der Waals surface area contributed by atoms with Gasteiger partial charge < -0.3 is 0 Å². The van der Waals surface area contributed by atoms with E-state index in [0.29, 0.717) is 3.57 Å². The molecular weight excluding hydrogens is 363 g/mol. The highest BCUT2D eigenvalue weighted by Crippen LogP contribution is 2.06. The summed E-state index contributed by atoms with van der Waals surface area (Å²) in [5.41, 5.74) is 1.17. The van der Waals surface area contributed by atoms with Crippen molar-refractivity contribution < 1.29 is 34.2 Å². The Kier molecular flexibility index (Phi) is 4.04. The Labute approximate surface area is 117 Å². The summed E-state index contributed by atoms with van der Waals surface area (Å²) in [6.07, 6.45) is 0. The number of rotatable bonds is 3. The van der Waals surface area contributed by atoms with Crippen molar-refractivity contribution in [1.29, 1.82) is 0 Å². The quantitative estimate of drug-likeness (QED) is 0.574. The van der Waals surface area contributed by atoms with E-state index in [4.69, 9.17) is 0 Å². The van der Waals surface area contributed by atoms with E-state index in [9.17, 15) is 13.0 Å². The molecule has 0 amide bonds. The molecule has 0 unspecified atom stereocenters. The minimum atomic E-state index is -4.13. The normalized spacial score (nSPS) is 11.4. The standard InChI is InChI=1S/C13H11IO3S/c1-10-6-8-11(9-7-10)14-12-4-2-3-5-13(12)18(15,16)17/h2-9H,1H3/p+1. The van der Waals surface area contributed by atoms with Gasteiger partial charge in [0.25, 0.3) is 10.1 Å². The minimum absolute atomic E-state index is 0.0263. The fraction of sp³-hybridized carbons (Fsp3) is 0.0769. The molecule has 0 radical (unpaired) electrons. The van der Waals surface area contributed by atoms with Gasteiger partial charge in [0.2, 0.25) is 3.57 Å². The van der Waals surface area contributed by atoms with Gasteiger partial charge in [0.15, 0.2) is 3.57 Å². The number of benzene rings is 2. The maximum atomic E-state index is 11.3. The largest absolute Gasteiger partial charge is 0.359 e. The summed E-state index contributed by atoms with van der Waals surface area (Å²) in [5, 5.41) is 0. The summed E-state index contributed by atoms with van der Waals surface area (Å²) in [4.78, 5) is 0.0263. The second-order valence-electron chi connectivity index (χ2n) is 3.80. The lowest BCUT2D eigenvalue weighted by Crippen LogP contribution is -3.61. The van der Waals surface area contributed by atoms with Crippen molar-refractivity contribution in [2.45, 2.75) is 11.8 Å². The molecule has 0 fully saturated rings. The number of aryl methyl sites for hydroxylation is 1. The molecule has 0 aromatic heterocycles. The first kappa shape index (κ1) is 13.5. The second kappa shape index (κ2) is 5.38. The molecule has 3 nitrogen and oxygen atoms in total. The highest BCUT2D eigenvalue weighted by Gasteiger charge is 2.25. The third-order valence-electron chi connectivity index (χ3n) is 2.34. The van der Waals surface area contributed by atoms with Crippen LogP contribution in [0, 0.1) is 14.1 Å². The molecule has 2 rings (SSSR count). The molecule has 0 heterocycles. The van der Waals surface area contributed by atoms with E-state index in [1.807, 2.05) is 31.2 Å². The van der Waals surface area contributed by atoms with Crippen LogP contribution < -0.4 is 21.2 Å². The zero-order valence-corrected chi connectivity index (χ0v) is 12.6. The zero-order valence-electron chi connectivity index (χ0n) is 9.67. The SMILES string of the molecule is Cc1ccc([I+]c2ccccc2S(=O)(=O)O)cc1. The molecule has 0 aliphatic heterocycles. The smallest absolute Gasteiger partial charge is 0.282 e. The van der Waals surface area contributed by atoms with Crippen LogP contribution in [0.2, 0.25) is 0 Å². The molecule has 5 heteroatoms. The lowest BCUT2D eigenvalue weighted by Gasteiger charge is -1.96. The van der Waals surface area contributed by atoms with Gasteiger partial charge in [0.1, 0.15) is 4.90 Å². The summed E-state index contributed by atoms with van der Waals surface area (Å²) in [7, 11) is -4.13. The molecule has 0 aliphatic carbocycles. The summed E-state index contributed by atoms with van der Waals surface area (Å²) >= 11 is -0.611. The summed E-state index contributed by atoms with van der Waals surface area (Å²) < 4.78 is 33.6. The number of hydrogen-bond acceptors (Lipinski definition) is 2. The highest BCUT2D eigenvalue weighted by molar-refractivity contribution is 7.85. The van der Waals surface area contributed by atoms with Gasteiger partial charge in [-0.05, 0) is 31.2 Å². The van der Waals surface area contributed by atoms with Gasteiger partial charge in [-0.2, -0.15) is 8.42 Å². The Bertz CT molecular complexity index is 648. The fourth-order valence-corrected chi connectivity index (χ4v) is 5.33. The lowest BCUT2D eigenvalue weighted by molar-refractivity contribution is -0.601. The highest BCUT2D eigenvalue weighted by atomic mass is 127. The molecule has 0 saturated carbocycles. The van der Waals surface area contributed by atoms with Crippen molar-refractivity contribution in [3.8, 4) is 0 Å². The van der Waals surface area contributed by atoms with Crippen LogP contribution in [-0.2, 0) is 10.1 Å². The minimum Gasteiger partial charge on any atom is -0.282 e. The average molecular weight is 375 g/mol. The molecule has 1 N–H and O–H groups in total. The Hall–Kier alpha value is -0.920. The Morgan fingerprint density at radius 2 is 1.61 bits per heavy atom. The molecule has 0 aliphatic rings. The predicted molar refractivity (Wildman–Crippen MR) is 64.8 cm³/mol. The molecule has 0 spiro atoms. The van der Waals surface area contributed by atoms with E-state index in [1.165, 1.54) is 11.6 Å². The van der Waals surface area contributed by atoms with Crippen LogP contribution in [0.5, 0.6) is 0 Å². The van der Waals surface area contributed by atoms with Crippen molar-refractivity contribution in [2.24, 2.45) is 0 Å².